The second kappa shape index (κ2) is 7.09. The Morgan fingerprint density at radius 2 is 1.72 bits per heavy atom. The Morgan fingerprint density at radius 1 is 1.00 bits per heavy atom. The highest BCUT2D eigenvalue weighted by atomic mass is 16.5. The number of aryl methyl sites for hydroxylation is 2. The number of hydrogen-bond acceptors (Lipinski definition) is 3. The maximum atomic E-state index is 12.2. The third-order valence-corrected chi connectivity index (χ3v) is 3.91. The fourth-order valence-corrected chi connectivity index (χ4v) is 2.65. The topological polar surface area (TPSA) is 83.2 Å². The molecule has 6 heteroatoms. The molecule has 1 heterocycles. The lowest BCUT2D eigenvalue weighted by atomic mass is 10.1. The Morgan fingerprint density at radius 3 is 2.48 bits per heavy atom. The smallest absolute Gasteiger partial charge is 0.276 e. The molecule has 128 valence electrons. The molecule has 0 aliphatic heterocycles. The van der Waals surface area contributed by atoms with E-state index in [0.29, 0.717) is 11.3 Å². The highest BCUT2D eigenvalue weighted by Crippen LogP contribution is 2.22. The van der Waals surface area contributed by atoms with Gasteiger partial charge in [-0.2, -0.15) is 0 Å². The summed E-state index contributed by atoms with van der Waals surface area (Å²) in [6.07, 6.45) is 1.61. The van der Waals surface area contributed by atoms with Crippen molar-refractivity contribution in [3.63, 3.8) is 0 Å². The summed E-state index contributed by atoms with van der Waals surface area (Å²) in [7, 11) is 0. The zero-order valence-electron chi connectivity index (χ0n) is 14.1. The Bertz CT molecular complexity index is 910. The summed E-state index contributed by atoms with van der Waals surface area (Å²) >= 11 is 0. The summed E-state index contributed by atoms with van der Waals surface area (Å²) in [4.78, 5) is 27.2. The molecule has 6 nitrogen and oxygen atoms in total. The molecule has 2 amide bonds. The van der Waals surface area contributed by atoms with Crippen LogP contribution in [-0.4, -0.2) is 23.4 Å². The van der Waals surface area contributed by atoms with Gasteiger partial charge in [0.05, 0.1) is 5.56 Å². The fraction of sp³-hybridized carbons (Fsp3) is 0.158. The fourth-order valence-electron chi connectivity index (χ4n) is 2.65. The molecule has 2 aromatic carbocycles. The normalized spacial score (nSPS) is 10.5. The van der Waals surface area contributed by atoms with Crippen molar-refractivity contribution in [3.8, 4) is 5.75 Å². The van der Waals surface area contributed by atoms with Gasteiger partial charge in [0.15, 0.2) is 6.61 Å². The number of hydrogen-bond donors (Lipinski definition) is 3. The lowest BCUT2D eigenvalue weighted by Crippen LogP contribution is -2.43. The first-order valence-electron chi connectivity index (χ1n) is 7.90. The van der Waals surface area contributed by atoms with E-state index >= 15 is 0 Å². The molecule has 3 aromatic rings. The number of amides is 2. The van der Waals surface area contributed by atoms with Crippen molar-refractivity contribution in [2.75, 3.05) is 6.61 Å². The van der Waals surface area contributed by atoms with E-state index in [-0.39, 0.29) is 6.61 Å². The van der Waals surface area contributed by atoms with Crippen LogP contribution in [0.4, 0.5) is 0 Å². The van der Waals surface area contributed by atoms with Crippen LogP contribution in [0.1, 0.15) is 21.5 Å². The molecular weight excluding hydrogens is 318 g/mol. The van der Waals surface area contributed by atoms with Gasteiger partial charge in [-0.15, -0.1) is 0 Å². The van der Waals surface area contributed by atoms with Gasteiger partial charge in [0, 0.05) is 17.1 Å². The van der Waals surface area contributed by atoms with E-state index in [2.05, 4.69) is 15.8 Å². The highest BCUT2D eigenvalue weighted by molar-refractivity contribution is 6.07. The van der Waals surface area contributed by atoms with Gasteiger partial charge in [0.2, 0.25) is 0 Å². The minimum absolute atomic E-state index is 0.181. The molecule has 25 heavy (non-hydrogen) atoms. The zero-order valence-corrected chi connectivity index (χ0v) is 14.1. The molecule has 0 atom stereocenters. The first-order valence-corrected chi connectivity index (χ1v) is 7.90. The number of H-pyrrole nitrogens is 1. The van der Waals surface area contributed by atoms with E-state index in [0.717, 1.165) is 22.0 Å². The number of benzene rings is 2. The standard InChI is InChI=1S/C19H19N3O3/c1-12-6-5-7-13(2)18(12)25-11-17(23)21-22-19(24)15-10-20-16-9-4-3-8-14(15)16/h3-10,20H,11H2,1-2H3,(H,21,23)(H,22,24). The number of fused-ring (bicyclic) bond motifs is 1. The maximum Gasteiger partial charge on any atom is 0.276 e. The van der Waals surface area contributed by atoms with Crippen LogP contribution in [0.25, 0.3) is 10.9 Å². The van der Waals surface area contributed by atoms with Gasteiger partial charge in [-0.25, -0.2) is 0 Å². The molecule has 0 aliphatic rings. The predicted octanol–water partition coefficient (Wildman–Crippen LogP) is 2.62. The highest BCUT2D eigenvalue weighted by Gasteiger charge is 2.13. The van der Waals surface area contributed by atoms with Crippen LogP contribution < -0.4 is 15.6 Å². The predicted molar refractivity (Wildman–Crippen MR) is 95.3 cm³/mol. The van der Waals surface area contributed by atoms with Crippen LogP contribution >= 0.6 is 0 Å². The van der Waals surface area contributed by atoms with Gasteiger partial charge in [-0.3, -0.25) is 20.4 Å². The SMILES string of the molecule is Cc1cccc(C)c1OCC(=O)NNC(=O)c1c[nH]c2ccccc12. The maximum absolute atomic E-state index is 12.2. The molecular formula is C19H19N3O3. The van der Waals surface area contributed by atoms with Crippen molar-refractivity contribution in [3.05, 3.63) is 65.4 Å². The largest absolute Gasteiger partial charge is 0.483 e. The first kappa shape index (κ1) is 16.6. The molecule has 0 saturated heterocycles. The summed E-state index contributed by atoms with van der Waals surface area (Å²) in [6, 6.07) is 13.2. The number of aromatic nitrogens is 1. The molecule has 0 bridgehead atoms. The van der Waals surface area contributed by atoms with Crippen LogP contribution in [0.5, 0.6) is 5.75 Å². The number of nitrogens with one attached hydrogen (secondary N) is 3. The molecule has 0 unspecified atom stereocenters. The monoisotopic (exact) mass is 337 g/mol. The number of rotatable bonds is 4. The van der Waals surface area contributed by atoms with Gasteiger partial charge in [0.1, 0.15) is 5.75 Å². The van der Waals surface area contributed by atoms with E-state index in [9.17, 15) is 9.59 Å². The lowest BCUT2D eigenvalue weighted by Gasteiger charge is -2.12. The summed E-state index contributed by atoms with van der Waals surface area (Å²) in [6.45, 7) is 3.65. The van der Waals surface area contributed by atoms with Crippen molar-refractivity contribution >= 4 is 22.7 Å². The van der Waals surface area contributed by atoms with Gasteiger partial charge in [-0.05, 0) is 31.0 Å². The number of aromatic amines is 1. The van der Waals surface area contributed by atoms with Gasteiger partial charge in [0.25, 0.3) is 11.8 Å². The average Bonchev–Trinajstić information content (AvgIpc) is 3.03. The van der Waals surface area contributed by atoms with Gasteiger partial charge in [-0.1, -0.05) is 36.4 Å². The molecule has 1 aromatic heterocycles. The third kappa shape index (κ3) is 3.63. The number of ether oxygens (including phenoxy) is 1. The van der Waals surface area contributed by atoms with E-state index in [1.807, 2.05) is 56.3 Å². The van der Waals surface area contributed by atoms with Crippen LogP contribution in [0.2, 0.25) is 0 Å². The zero-order chi connectivity index (χ0) is 17.8. The molecule has 0 saturated carbocycles. The Labute approximate surface area is 145 Å². The number of carbonyl (C=O) groups is 2. The van der Waals surface area contributed by atoms with Crippen LogP contribution in [0, 0.1) is 13.8 Å². The van der Waals surface area contributed by atoms with Crippen LogP contribution in [0.15, 0.2) is 48.7 Å². The number of hydrazine groups is 1. The van der Waals surface area contributed by atoms with Crippen LogP contribution in [-0.2, 0) is 4.79 Å². The molecule has 3 N–H and O–H groups in total. The van der Waals surface area contributed by atoms with Gasteiger partial charge >= 0.3 is 0 Å². The first-order chi connectivity index (χ1) is 12.1. The lowest BCUT2D eigenvalue weighted by molar-refractivity contribution is -0.123. The van der Waals surface area contributed by atoms with Gasteiger partial charge < -0.3 is 9.72 Å². The Hall–Kier alpha value is -3.28. The minimum atomic E-state index is -0.434. The van der Waals surface area contributed by atoms with E-state index in [1.54, 1.807) is 6.20 Å². The van der Waals surface area contributed by atoms with Crippen molar-refractivity contribution < 1.29 is 14.3 Å². The van der Waals surface area contributed by atoms with E-state index < -0.39 is 11.8 Å². The second-order valence-corrected chi connectivity index (χ2v) is 5.76. The minimum Gasteiger partial charge on any atom is -0.483 e. The van der Waals surface area contributed by atoms with Crippen molar-refractivity contribution in [2.45, 2.75) is 13.8 Å². The molecule has 0 fully saturated rings. The molecule has 0 aliphatic carbocycles. The van der Waals surface area contributed by atoms with E-state index in [1.165, 1.54) is 0 Å². The molecule has 0 radical (unpaired) electrons. The molecule has 3 rings (SSSR count). The van der Waals surface area contributed by atoms with Crippen molar-refractivity contribution in [1.29, 1.82) is 0 Å². The van der Waals surface area contributed by atoms with Crippen molar-refractivity contribution in [1.82, 2.24) is 15.8 Å². The third-order valence-electron chi connectivity index (χ3n) is 3.91. The summed E-state index contributed by atoms with van der Waals surface area (Å²) in [5, 5.41) is 0.793. The van der Waals surface area contributed by atoms with E-state index in [4.69, 9.17) is 4.74 Å². The second-order valence-electron chi connectivity index (χ2n) is 5.76. The quantitative estimate of drug-likeness (QED) is 0.640. The van der Waals surface area contributed by atoms with Crippen molar-refractivity contribution in [2.24, 2.45) is 0 Å². The summed E-state index contributed by atoms with van der Waals surface area (Å²) in [5.41, 5.74) is 8.00. The van der Waals surface area contributed by atoms with Crippen LogP contribution in [0.3, 0.4) is 0 Å². The number of para-hydroxylation sites is 2. The summed E-state index contributed by atoms with van der Waals surface area (Å²) in [5.74, 6) is -0.144. The molecule has 0 spiro atoms. The summed E-state index contributed by atoms with van der Waals surface area (Å²) < 4.78 is 5.55. The Kier molecular flexibility index (Phi) is 4.70. The number of carbonyl (C=O) groups excluding carboxylic acids is 2. The average molecular weight is 337 g/mol. The Balaban J connectivity index is 1.56.